The lowest BCUT2D eigenvalue weighted by Gasteiger charge is -2.22. The second-order valence-electron chi connectivity index (χ2n) is 6.05. The highest BCUT2D eigenvalue weighted by molar-refractivity contribution is 5.73. The van der Waals surface area contributed by atoms with Crippen LogP contribution >= 0.6 is 0 Å². The van der Waals surface area contributed by atoms with Crippen LogP contribution in [0.25, 0.3) is 0 Å². The molecule has 7 N–H and O–H groups in total. The summed E-state index contributed by atoms with van der Waals surface area (Å²) in [5.41, 5.74) is 6.18. The van der Waals surface area contributed by atoms with E-state index in [-0.39, 0.29) is 35.7 Å². The minimum atomic E-state index is -1.26. The summed E-state index contributed by atoms with van der Waals surface area (Å²) in [7, 11) is 0. The van der Waals surface area contributed by atoms with Crippen LogP contribution in [0.4, 0.5) is 5.69 Å². The monoisotopic (exact) mass is 399 g/mol. The fraction of sp³-hybridized carbons (Fsp3) is 0.375. The molecule has 0 saturated heterocycles. The third-order valence-corrected chi connectivity index (χ3v) is 3.51. The molecule has 0 heterocycles. The van der Waals surface area contributed by atoms with Gasteiger partial charge in [-0.05, 0) is 12.1 Å². The number of aliphatic carboxylic acids is 4. The summed E-state index contributed by atoms with van der Waals surface area (Å²) in [6.45, 7) is -2.89. The number of phenolic OH excluding ortho intramolecular Hbond substituents is 1. The molecule has 0 atom stereocenters. The van der Waals surface area contributed by atoms with Gasteiger partial charge in [0.05, 0.1) is 26.2 Å². The van der Waals surface area contributed by atoms with Crippen LogP contribution in [0.1, 0.15) is 11.1 Å². The van der Waals surface area contributed by atoms with Gasteiger partial charge in [0, 0.05) is 29.9 Å². The molecule has 12 heteroatoms. The number of rotatable bonds is 12. The van der Waals surface area contributed by atoms with Gasteiger partial charge in [0.25, 0.3) is 0 Å². The molecular weight excluding hydrogens is 378 g/mol. The van der Waals surface area contributed by atoms with Crippen molar-refractivity contribution in [1.29, 1.82) is 0 Å². The molecule has 154 valence electrons. The van der Waals surface area contributed by atoms with E-state index in [0.717, 1.165) is 9.80 Å². The molecule has 0 amide bonds. The van der Waals surface area contributed by atoms with Gasteiger partial charge in [-0.3, -0.25) is 29.0 Å². The highest BCUT2D eigenvalue weighted by Crippen LogP contribution is 2.28. The van der Waals surface area contributed by atoms with Crippen LogP contribution in [0.3, 0.4) is 0 Å². The summed E-state index contributed by atoms with van der Waals surface area (Å²) >= 11 is 0. The number of carboxylic acids is 4. The van der Waals surface area contributed by atoms with Crippen molar-refractivity contribution in [2.75, 3.05) is 31.9 Å². The van der Waals surface area contributed by atoms with Gasteiger partial charge < -0.3 is 31.3 Å². The molecule has 1 aromatic rings. The van der Waals surface area contributed by atoms with Gasteiger partial charge >= 0.3 is 23.9 Å². The fourth-order valence-corrected chi connectivity index (χ4v) is 2.61. The number of anilines is 1. The van der Waals surface area contributed by atoms with E-state index in [1.54, 1.807) is 0 Å². The average Bonchev–Trinajstić information content (AvgIpc) is 2.49. The molecule has 0 aliphatic rings. The number of hydrogen-bond donors (Lipinski definition) is 6. The highest BCUT2D eigenvalue weighted by Gasteiger charge is 2.20. The third kappa shape index (κ3) is 7.88. The lowest BCUT2D eigenvalue weighted by Crippen LogP contribution is -2.34. The van der Waals surface area contributed by atoms with E-state index in [2.05, 4.69) is 0 Å². The molecule has 12 nitrogen and oxygen atoms in total. The Kier molecular flexibility index (Phi) is 8.16. The van der Waals surface area contributed by atoms with Gasteiger partial charge in [-0.15, -0.1) is 0 Å². The van der Waals surface area contributed by atoms with Crippen molar-refractivity contribution in [1.82, 2.24) is 9.80 Å². The van der Waals surface area contributed by atoms with E-state index in [1.807, 2.05) is 0 Å². The minimum absolute atomic E-state index is 0.128. The molecule has 0 fully saturated rings. The Hall–Kier alpha value is -3.38. The zero-order valence-corrected chi connectivity index (χ0v) is 14.7. The lowest BCUT2D eigenvalue weighted by atomic mass is 10.1. The third-order valence-electron chi connectivity index (χ3n) is 3.51. The summed E-state index contributed by atoms with van der Waals surface area (Å²) < 4.78 is 0. The summed E-state index contributed by atoms with van der Waals surface area (Å²) in [4.78, 5) is 45.7. The first-order chi connectivity index (χ1) is 13.0. The first kappa shape index (κ1) is 22.7. The second-order valence-corrected chi connectivity index (χ2v) is 6.05. The van der Waals surface area contributed by atoms with E-state index in [4.69, 9.17) is 26.2 Å². The van der Waals surface area contributed by atoms with Crippen molar-refractivity contribution in [2.24, 2.45) is 0 Å². The molecule has 1 aromatic carbocycles. The molecule has 0 bridgehead atoms. The molecule has 0 aromatic heterocycles. The van der Waals surface area contributed by atoms with Crippen LogP contribution in [0.2, 0.25) is 0 Å². The van der Waals surface area contributed by atoms with Gasteiger partial charge in [-0.2, -0.15) is 0 Å². The first-order valence-electron chi connectivity index (χ1n) is 7.90. The van der Waals surface area contributed by atoms with Crippen LogP contribution in [0, 0.1) is 0 Å². The topological polar surface area (TPSA) is 202 Å². The Morgan fingerprint density at radius 2 is 1.00 bits per heavy atom. The maximum absolute atomic E-state index is 10.9. The van der Waals surface area contributed by atoms with Crippen LogP contribution in [-0.2, 0) is 32.3 Å². The zero-order valence-electron chi connectivity index (χ0n) is 14.7. The Morgan fingerprint density at radius 1 is 0.714 bits per heavy atom. The van der Waals surface area contributed by atoms with Crippen molar-refractivity contribution >= 4 is 29.6 Å². The molecule has 28 heavy (non-hydrogen) atoms. The first-order valence-corrected chi connectivity index (χ1v) is 7.90. The fourth-order valence-electron chi connectivity index (χ4n) is 2.61. The Bertz CT molecular complexity index is 675. The van der Waals surface area contributed by atoms with Crippen LogP contribution in [0.5, 0.6) is 5.75 Å². The van der Waals surface area contributed by atoms with E-state index in [0.29, 0.717) is 0 Å². The minimum Gasteiger partial charge on any atom is -0.507 e. The molecule has 0 aliphatic heterocycles. The number of carboxylic acid groups (broad SMARTS) is 4. The summed E-state index contributed by atoms with van der Waals surface area (Å²) in [5, 5.41) is 46.1. The van der Waals surface area contributed by atoms with Gasteiger partial charge in [0.2, 0.25) is 0 Å². The van der Waals surface area contributed by atoms with Crippen molar-refractivity contribution in [3.8, 4) is 5.75 Å². The van der Waals surface area contributed by atoms with Crippen LogP contribution in [-0.4, -0.2) is 85.4 Å². The highest BCUT2D eigenvalue weighted by atomic mass is 16.4. The summed E-state index contributed by atoms with van der Waals surface area (Å²) in [6.07, 6.45) is 0. The number of nitrogens with two attached hydrogens (primary N) is 1. The summed E-state index contributed by atoms with van der Waals surface area (Å²) in [6, 6.07) is 2.66. The number of aromatic hydroxyl groups is 1. The van der Waals surface area contributed by atoms with E-state index in [1.165, 1.54) is 12.1 Å². The number of benzene rings is 1. The van der Waals surface area contributed by atoms with Crippen molar-refractivity contribution < 1.29 is 44.7 Å². The molecule has 0 spiro atoms. The predicted octanol–water partition coefficient (Wildman–Crippen LogP) is -1.08. The number of nitrogens with zero attached hydrogens (tertiary/aromatic N) is 2. The maximum Gasteiger partial charge on any atom is 0.317 e. The molecule has 0 saturated carbocycles. The molecule has 1 rings (SSSR count). The van der Waals surface area contributed by atoms with Crippen molar-refractivity contribution in [3.05, 3.63) is 23.3 Å². The van der Waals surface area contributed by atoms with Gasteiger partial charge in [-0.1, -0.05) is 0 Å². The molecular formula is C16H21N3O9. The van der Waals surface area contributed by atoms with E-state index < -0.39 is 50.1 Å². The molecule has 0 aliphatic carbocycles. The Morgan fingerprint density at radius 3 is 1.25 bits per heavy atom. The average molecular weight is 399 g/mol. The molecule has 0 radical (unpaired) electrons. The van der Waals surface area contributed by atoms with Gasteiger partial charge in [0.1, 0.15) is 5.75 Å². The van der Waals surface area contributed by atoms with Crippen molar-refractivity contribution in [2.45, 2.75) is 13.1 Å². The van der Waals surface area contributed by atoms with Crippen LogP contribution < -0.4 is 5.73 Å². The lowest BCUT2D eigenvalue weighted by molar-refractivity contribution is -0.144. The molecule has 0 unspecified atom stereocenters. The summed E-state index contributed by atoms with van der Waals surface area (Å²) in [5.74, 6) is -5.41. The predicted molar refractivity (Wildman–Crippen MR) is 93.6 cm³/mol. The largest absolute Gasteiger partial charge is 0.507 e. The number of carbonyl (C=O) groups is 4. The Balaban J connectivity index is 3.14. The van der Waals surface area contributed by atoms with Gasteiger partial charge in [-0.25, -0.2) is 0 Å². The SMILES string of the molecule is Nc1cc(CN(CC(=O)O)CC(=O)O)c(O)c(CN(CC(=O)O)CC(=O)O)c1. The van der Waals surface area contributed by atoms with Gasteiger partial charge in [0.15, 0.2) is 0 Å². The number of hydrogen-bond acceptors (Lipinski definition) is 8. The van der Waals surface area contributed by atoms with E-state index >= 15 is 0 Å². The number of nitrogen functional groups attached to an aromatic ring is 1. The standard InChI is InChI=1S/C16H21N3O9/c17-11-1-9(3-18(5-12(20)21)6-13(22)23)16(28)10(2-11)4-19(7-14(24)25)8-15(26)27/h1-2,28H,3-8,17H2,(H,20,21)(H,22,23)(H,24,25)(H,26,27). The van der Waals surface area contributed by atoms with Crippen LogP contribution in [0.15, 0.2) is 12.1 Å². The normalized spacial score (nSPS) is 10.9. The number of phenols is 1. The van der Waals surface area contributed by atoms with Crippen molar-refractivity contribution in [3.63, 3.8) is 0 Å². The maximum atomic E-state index is 10.9. The Labute approximate surface area is 159 Å². The quantitative estimate of drug-likeness (QED) is 0.183. The smallest absolute Gasteiger partial charge is 0.317 e. The zero-order chi connectivity index (χ0) is 21.4. The van der Waals surface area contributed by atoms with E-state index in [9.17, 15) is 24.3 Å². The second kappa shape index (κ2) is 10.1.